The van der Waals surface area contributed by atoms with Gasteiger partial charge in [0.2, 0.25) is 6.61 Å². The maximum Gasteiger partial charge on any atom is 0.398 e. The zero-order valence-corrected chi connectivity index (χ0v) is 9.33. The van der Waals surface area contributed by atoms with E-state index >= 15 is 0 Å². The van der Waals surface area contributed by atoms with Gasteiger partial charge in [-0.25, -0.2) is 4.79 Å². The second kappa shape index (κ2) is 4.04. The van der Waals surface area contributed by atoms with Crippen LogP contribution in [0.2, 0.25) is 0 Å². The molecular weight excluding hydrogens is 172 g/mol. The van der Waals surface area contributed by atoms with Crippen molar-refractivity contribution in [2.24, 2.45) is 0 Å². The van der Waals surface area contributed by atoms with Gasteiger partial charge in [0.05, 0.1) is 21.1 Å². The molecule has 0 aliphatic rings. The molecule has 5 nitrogen and oxygen atoms in total. The minimum Gasteiger partial charge on any atom is -0.274 e. The summed E-state index contributed by atoms with van der Waals surface area (Å²) in [7, 11) is 10.8. The van der Waals surface area contributed by atoms with E-state index in [1.807, 2.05) is 21.1 Å². The maximum atomic E-state index is 11.1. The van der Waals surface area contributed by atoms with Gasteiger partial charge in [0.25, 0.3) is 0 Å². The highest BCUT2D eigenvalue weighted by molar-refractivity contribution is 5.69. The monoisotopic (exact) mass is 192 g/mol. The molecule has 0 aromatic heterocycles. The van der Waals surface area contributed by atoms with Crippen LogP contribution in [0, 0.1) is 0 Å². The molecule has 0 bridgehead atoms. The van der Waals surface area contributed by atoms with E-state index in [-0.39, 0.29) is 21.9 Å². The summed E-state index contributed by atoms with van der Waals surface area (Å²) in [5.74, 6) is -0.361. The molecule has 5 heteroatoms. The van der Waals surface area contributed by atoms with E-state index in [4.69, 9.17) is 9.68 Å². The Kier molecular flexibility index (Phi) is 3.84. The first-order valence-corrected chi connectivity index (χ1v) is 4.10. The molecule has 0 unspecified atom stereocenters. The Morgan fingerprint density at radius 1 is 1.00 bits per heavy atom. The first-order valence-electron chi connectivity index (χ1n) is 4.10. The van der Waals surface area contributed by atoms with Crippen molar-refractivity contribution >= 4 is 5.97 Å². The molecular formula is C8H20N2O3+2. The highest BCUT2D eigenvalue weighted by Crippen LogP contribution is 1.97. The van der Waals surface area contributed by atoms with Crippen molar-refractivity contribution in [1.29, 1.82) is 0 Å². The molecule has 0 N–H and O–H groups in total. The van der Waals surface area contributed by atoms with Crippen LogP contribution in [0.1, 0.15) is 0 Å². The Bertz CT molecular complexity index is 179. The van der Waals surface area contributed by atoms with Crippen LogP contribution in [0.5, 0.6) is 0 Å². The molecule has 0 amide bonds. The smallest absolute Gasteiger partial charge is 0.274 e. The second-order valence-corrected chi connectivity index (χ2v) is 4.52. The third kappa shape index (κ3) is 9.26. The Balaban J connectivity index is 3.78. The molecule has 78 valence electrons. The van der Waals surface area contributed by atoms with Crippen molar-refractivity contribution in [3.05, 3.63) is 0 Å². The Labute approximate surface area is 79.5 Å². The average molecular weight is 192 g/mol. The molecule has 0 rings (SSSR count). The number of quaternary nitrogens is 2. The first kappa shape index (κ1) is 12.3. The van der Waals surface area contributed by atoms with Crippen LogP contribution in [0.3, 0.4) is 0 Å². The van der Waals surface area contributed by atoms with Gasteiger partial charge in [0, 0.05) is 0 Å². The standard InChI is InChI=1S/C8H20N2O3/c1-9(2,3)12-7-8(11)13-10(4,5)6/h7H2,1-6H3/q+2. The number of hydroxylamine groups is 6. The molecule has 0 aromatic carbocycles. The van der Waals surface area contributed by atoms with Crippen LogP contribution in [0.25, 0.3) is 0 Å². The van der Waals surface area contributed by atoms with E-state index < -0.39 is 0 Å². The SMILES string of the molecule is C[N+](C)(C)OCC(=O)O[N+](C)(C)C. The summed E-state index contributed by atoms with van der Waals surface area (Å²) in [6.45, 7) is -0.0288. The second-order valence-electron chi connectivity index (χ2n) is 4.52. The van der Waals surface area contributed by atoms with Crippen molar-refractivity contribution in [2.75, 3.05) is 48.9 Å². The maximum absolute atomic E-state index is 11.1. The van der Waals surface area contributed by atoms with Crippen molar-refractivity contribution in [3.63, 3.8) is 0 Å². The van der Waals surface area contributed by atoms with Crippen LogP contribution in [0.15, 0.2) is 0 Å². The molecule has 0 saturated carbocycles. The van der Waals surface area contributed by atoms with Crippen LogP contribution in [-0.4, -0.2) is 64.2 Å². The summed E-state index contributed by atoms with van der Waals surface area (Å²) in [5.41, 5.74) is 0. The molecule has 0 spiro atoms. The molecule has 0 radical (unpaired) electrons. The van der Waals surface area contributed by atoms with Crippen LogP contribution >= 0.6 is 0 Å². The topological polar surface area (TPSA) is 35.5 Å². The van der Waals surface area contributed by atoms with Gasteiger partial charge in [-0.1, -0.05) is 0 Å². The zero-order valence-electron chi connectivity index (χ0n) is 9.33. The fourth-order valence-electron chi connectivity index (χ4n) is 0.578. The highest BCUT2D eigenvalue weighted by Gasteiger charge is 2.19. The van der Waals surface area contributed by atoms with Crippen molar-refractivity contribution in [2.45, 2.75) is 0 Å². The van der Waals surface area contributed by atoms with Crippen molar-refractivity contribution < 1.29 is 23.8 Å². The lowest BCUT2D eigenvalue weighted by Crippen LogP contribution is -2.41. The molecule has 0 aromatic rings. The Morgan fingerprint density at radius 3 is 1.77 bits per heavy atom. The number of hydrogen-bond donors (Lipinski definition) is 0. The lowest BCUT2D eigenvalue weighted by Gasteiger charge is -2.23. The minimum atomic E-state index is -0.361. The lowest BCUT2D eigenvalue weighted by molar-refractivity contribution is -1.06. The number of hydrogen-bond acceptors (Lipinski definition) is 3. The van der Waals surface area contributed by atoms with E-state index in [0.717, 1.165) is 0 Å². The van der Waals surface area contributed by atoms with Gasteiger partial charge in [0.15, 0.2) is 0 Å². The van der Waals surface area contributed by atoms with E-state index in [1.165, 1.54) is 0 Å². The van der Waals surface area contributed by atoms with Gasteiger partial charge in [-0.3, -0.25) is 4.84 Å². The van der Waals surface area contributed by atoms with E-state index in [1.54, 1.807) is 21.1 Å². The Morgan fingerprint density at radius 2 is 1.46 bits per heavy atom. The first-order chi connectivity index (χ1) is 5.60. The zero-order chi connectivity index (χ0) is 10.7. The minimum absolute atomic E-state index is 0.0288. The van der Waals surface area contributed by atoms with Gasteiger partial charge in [-0.2, -0.15) is 9.48 Å². The summed E-state index contributed by atoms with van der Waals surface area (Å²) in [4.78, 5) is 21.3. The number of carbonyl (C=O) groups excluding carboxylic acids is 1. The molecule has 0 aliphatic heterocycles. The molecule has 0 fully saturated rings. The van der Waals surface area contributed by atoms with Crippen molar-refractivity contribution in [1.82, 2.24) is 0 Å². The summed E-state index contributed by atoms with van der Waals surface area (Å²) < 4.78 is 0.436. The summed E-state index contributed by atoms with van der Waals surface area (Å²) in [6.07, 6.45) is 0. The third-order valence-electron chi connectivity index (χ3n) is 0.945. The number of rotatable bonds is 4. The average Bonchev–Trinajstić information content (AvgIpc) is 1.78. The fourth-order valence-corrected chi connectivity index (χ4v) is 0.578. The molecule has 0 atom stereocenters. The highest BCUT2D eigenvalue weighted by atomic mass is 16.8. The normalized spacial score (nSPS) is 12.8. The summed E-state index contributed by atoms with van der Waals surface area (Å²) in [6, 6.07) is 0. The van der Waals surface area contributed by atoms with Gasteiger partial charge >= 0.3 is 5.97 Å². The summed E-state index contributed by atoms with van der Waals surface area (Å²) >= 11 is 0. The van der Waals surface area contributed by atoms with Gasteiger partial charge in [-0.15, -0.1) is 4.65 Å². The number of carbonyl (C=O) groups is 1. The summed E-state index contributed by atoms with van der Waals surface area (Å²) in [5, 5.41) is 0. The van der Waals surface area contributed by atoms with Crippen molar-refractivity contribution in [3.8, 4) is 0 Å². The number of nitrogens with zero attached hydrogens (tertiary/aromatic N) is 2. The predicted octanol–water partition coefficient (Wildman–Crippen LogP) is -0.211. The molecule has 0 saturated heterocycles. The molecule has 0 heterocycles. The fraction of sp³-hybridized carbons (Fsp3) is 0.875. The quantitative estimate of drug-likeness (QED) is 0.456. The predicted molar refractivity (Wildman–Crippen MR) is 48.1 cm³/mol. The van der Waals surface area contributed by atoms with E-state index in [0.29, 0.717) is 0 Å². The van der Waals surface area contributed by atoms with Crippen LogP contribution in [-0.2, 0) is 14.5 Å². The molecule has 13 heavy (non-hydrogen) atoms. The van der Waals surface area contributed by atoms with Crippen LogP contribution < -0.4 is 0 Å². The largest absolute Gasteiger partial charge is 0.398 e. The van der Waals surface area contributed by atoms with E-state index in [9.17, 15) is 4.79 Å². The van der Waals surface area contributed by atoms with Gasteiger partial charge in [0.1, 0.15) is 21.1 Å². The Hall–Kier alpha value is -0.650. The van der Waals surface area contributed by atoms with Crippen LogP contribution in [0.4, 0.5) is 0 Å². The molecule has 0 aliphatic carbocycles. The van der Waals surface area contributed by atoms with E-state index in [2.05, 4.69) is 0 Å². The third-order valence-corrected chi connectivity index (χ3v) is 0.945. The lowest BCUT2D eigenvalue weighted by atomic mass is 10.7. The van der Waals surface area contributed by atoms with Gasteiger partial charge in [-0.05, 0) is 0 Å². The van der Waals surface area contributed by atoms with Gasteiger partial charge < -0.3 is 0 Å².